The Morgan fingerprint density at radius 3 is 1.29 bits per heavy atom. The van der Waals surface area contributed by atoms with Gasteiger partial charge in [-0.15, -0.1) is 0 Å². The Labute approximate surface area is 202 Å². The Balaban J connectivity index is 3.67. The van der Waals surface area contributed by atoms with E-state index in [2.05, 4.69) is 0 Å². The van der Waals surface area contributed by atoms with E-state index in [0.29, 0.717) is 0 Å². The van der Waals surface area contributed by atoms with E-state index in [1.54, 1.807) is 0 Å². The quantitative estimate of drug-likeness (QED) is 0.285. The molecule has 0 spiro atoms. The molecule has 0 aliphatic heterocycles. The number of hydrogen-bond donors (Lipinski definition) is 1. The van der Waals surface area contributed by atoms with Crippen molar-refractivity contribution in [1.82, 2.24) is 0 Å². The fraction of sp³-hybridized carbons (Fsp3) is 0.684. The lowest BCUT2D eigenvalue weighted by Crippen LogP contribution is -2.74. The van der Waals surface area contributed by atoms with Gasteiger partial charge in [0, 0.05) is 25.3 Å². The highest BCUT2D eigenvalue weighted by Crippen LogP contribution is 2.64. The molecule has 0 heterocycles. The zero-order valence-electron chi connectivity index (χ0n) is 18.8. The van der Waals surface area contributed by atoms with Gasteiger partial charge >= 0.3 is 47.6 Å². The lowest BCUT2D eigenvalue weighted by Gasteiger charge is -2.43. The summed E-state index contributed by atoms with van der Waals surface area (Å²) >= 11 is 0. The monoisotopic (exact) mass is 597 g/mol. The van der Waals surface area contributed by atoms with E-state index >= 15 is 0 Å². The van der Waals surface area contributed by atoms with Gasteiger partial charge in [0.25, 0.3) is 0 Å². The molecule has 0 aliphatic carbocycles. The van der Waals surface area contributed by atoms with Crippen LogP contribution in [0.1, 0.15) is 18.9 Å². The molecule has 0 radical (unpaired) electrons. The molecule has 1 atom stereocenters. The predicted molar refractivity (Wildman–Crippen MR) is 95.6 cm³/mol. The molecule has 0 saturated heterocycles. The highest BCUT2D eigenvalue weighted by Gasteiger charge is 2.95. The molecule has 1 rings (SSSR count). The average molecular weight is 597 g/mol. The van der Waals surface area contributed by atoms with Crippen molar-refractivity contribution in [2.45, 2.75) is 66.6 Å². The summed E-state index contributed by atoms with van der Waals surface area (Å²) in [5, 5.41) is 10.3. The number of rotatable bonds is 10. The first-order valence-corrected chi connectivity index (χ1v) is 9.59. The molecule has 0 saturated carbocycles. The van der Waals surface area contributed by atoms with Gasteiger partial charge in [0.1, 0.15) is 0 Å². The van der Waals surface area contributed by atoms with Gasteiger partial charge < -0.3 is 10.0 Å². The molecular weight excluding hydrogens is 581 g/mol. The first-order valence-electron chi connectivity index (χ1n) is 9.59. The van der Waals surface area contributed by atoms with E-state index in [9.17, 15) is 79.7 Å². The Morgan fingerprint density at radius 2 is 0.921 bits per heavy atom. The van der Waals surface area contributed by atoms with Crippen LogP contribution in [0.25, 0.3) is 0 Å². The maximum Gasteiger partial charge on any atom is 0.460 e. The average Bonchev–Trinajstić information content (AvgIpc) is 2.71. The highest BCUT2D eigenvalue weighted by atomic mass is 19.4. The van der Waals surface area contributed by atoms with Crippen molar-refractivity contribution in [2.75, 3.05) is 19.0 Å². The second kappa shape index (κ2) is 9.18. The van der Waals surface area contributed by atoms with Crippen LogP contribution >= 0.6 is 0 Å². The summed E-state index contributed by atoms with van der Waals surface area (Å²) in [5.41, 5.74) is -4.35. The van der Waals surface area contributed by atoms with Crippen LogP contribution in [0.2, 0.25) is 0 Å². The largest absolute Gasteiger partial charge is 0.460 e. The molecule has 1 unspecified atom stereocenters. The predicted octanol–water partition coefficient (Wildman–Crippen LogP) is 7.36. The number of benzene rings is 1. The van der Waals surface area contributed by atoms with E-state index in [1.165, 1.54) is 20.2 Å². The molecule has 0 fully saturated rings. The Kier molecular flexibility index (Phi) is 8.17. The van der Waals surface area contributed by atoms with Crippen molar-refractivity contribution in [3.63, 3.8) is 0 Å². The number of anilines is 1. The third-order valence-electron chi connectivity index (χ3n) is 5.32. The van der Waals surface area contributed by atoms with Crippen LogP contribution in [0.4, 0.5) is 80.3 Å². The van der Waals surface area contributed by atoms with Crippen molar-refractivity contribution in [1.29, 1.82) is 0 Å². The number of halogens is 17. The lowest BCUT2D eigenvalue weighted by atomic mass is 9.82. The topological polar surface area (TPSA) is 23.5 Å². The Morgan fingerprint density at radius 1 is 0.579 bits per heavy atom. The van der Waals surface area contributed by atoms with E-state index in [1.807, 2.05) is 0 Å². The molecule has 0 aliphatic rings. The lowest BCUT2D eigenvalue weighted by molar-refractivity contribution is -0.462. The van der Waals surface area contributed by atoms with Crippen LogP contribution in [-0.2, 0) is 5.60 Å². The summed E-state index contributed by atoms with van der Waals surface area (Å²) in [6, 6.07) is 4.03. The second-order valence-electron chi connectivity index (χ2n) is 8.51. The van der Waals surface area contributed by atoms with Crippen LogP contribution in [0.5, 0.6) is 0 Å². The summed E-state index contributed by atoms with van der Waals surface area (Å²) in [7, 11) is 2.41. The van der Waals surface area contributed by atoms with Crippen LogP contribution in [-0.4, -0.2) is 66.8 Å². The van der Waals surface area contributed by atoms with E-state index in [-0.39, 0.29) is 12.6 Å². The minimum atomic E-state index is -8.69. The van der Waals surface area contributed by atoms with Gasteiger partial charge in [0.2, 0.25) is 0 Å². The minimum absolute atomic E-state index is 0.241. The van der Waals surface area contributed by atoms with Gasteiger partial charge in [-0.05, 0) is 13.0 Å². The molecule has 222 valence electrons. The van der Waals surface area contributed by atoms with Crippen LogP contribution < -0.4 is 4.90 Å². The van der Waals surface area contributed by atoms with Gasteiger partial charge in [0.15, 0.2) is 0 Å². The van der Waals surface area contributed by atoms with Crippen LogP contribution in [0.15, 0.2) is 24.3 Å². The molecular formula is C19H16F17NO. The van der Waals surface area contributed by atoms with Crippen molar-refractivity contribution < 1.29 is 79.7 Å². The smallest absolute Gasteiger partial charge is 0.385 e. The maximum absolute atomic E-state index is 14.4. The maximum atomic E-state index is 14.4. The van der Waals surface area contributed by atoms with Gasteiger partial charge in [0.05, 0.1) is 12.0 Å². The summed E-state index contributed by atoms with van der Waals surface area (Å²) < 4.78 is 228. The van der Waals surface area contributed by atoms with Crippen molar-refractivity contribution in [2.24, 2.45) is 0 Å². The van der Waals surface area contributed by atoms with Crippen molar-refractivity contribution in [3.8, 4) is 0 Å². The van der Waals surface area contributed by atoms with E-state index in [0.717, 1.165) is 23.1 Å². The number of aliphatic hydroxyl groups is 1. The normalized spacial score (nSPS) is 16.9. The third-order valence-corrected chi connectivity index (χ3v) is 5.32. The molecule has 2 nitrogen and oxygen atoms in total. The number of alkyl halides is 17. The fourth-order valence-electron chi connectivity index (χ4n) is 3.15. The molecule has 1 aromatic rings. The first kappa shape index (κ1) is 33.8. The first-order chi connectivity index (χ1) is 16.4. The van der Waals surface area contributed by atoms with Crippen molar-refractivity contribution in [3.05, 3.63) is 29.8 Å². The highest BCUT2D eigenvalue weighted by molar-refractivity contribution is 5.55. The van der Waals surface area contributed by atoms with Gasteiger partial charge in [-0.1, -0.05) is 18.2 Å². The van der Waals surface area contributed by atoms with Crippen LogP contribution in [0, 0.1) is 0 Å². The molecule has 0 amide bonds. The summed E-state index contributed by atoms with van der Waals surface area (Å²) in [5.74, 6) is -57.1. The van der Waals surface area contributed by atoms with E-state index in [4.69, 9.17) is 0 Å². The summed E-state index contributed by atoms with van der Waals surface area (Å²) in [4.78, 5) is 1.06. The van der Waals surface area contributed by atoms with Gasteiger partial charge in [-0.2, -0.15) is 74.6 Å². The molecule has 0 bridgehead atoms. The second-order valence-corrected chi connectivity index (χ2v) is 8.51. The van der Waals surface area contributed by atoms with Crippen LogP contribution in [0.3, 0.4) is 0 Å². The fourth-order valence-corrected chi connectivity index (χ4v) is 3.15. The molecule has 19 heteroatoms. The zero-order valence-corrected chi connectivity index (χ0v) is 18.8. The number of para-hydroxylation sites is 1. The Bertz CT molecular complexity index is 997. The molecule has 38 heavy (non-hydrogen) atoms. The minimum Gasteiger partial charge on any atom is -0.385 e. The third kappa shape index (κ3) is 4.71. The summed E-state index contributed by atoms with van der Waals surface area (Å²) in [6.45, 7) is 0.266. The Hall–Kier alpha value is -2.21. The number of hydrogen-bond acceptors (Lipinski definition) is 2. The van der Waals surface area contributed by atoms with Crippen molar-refractivity contribution >= 4 is 5.69 Å². The standard InChI is InChI=1S/C19H16F17NO/c1-11(38,9-6-4-5-7-10(9)37(2)3)8-12(20,21)13(22,23)14(24,25)15(26,27)16(28,29)17(30,31)18(32,33)19(34,35)36/h4-7,38H,8H2,1-3H3. The SMILES string of the molecule is CN(C)c1ccccc1C(C)(O)CC(F)(F)C(F)(F)C(F)(F)C(F)(F)C(F)(F)C(F)(F)C(F)(F)C(F)(F)F. The zero-order chi connectivity index (χ0) is 30.8. The summed E-state index contributed by atoms with van der Waals surface area (Å²) in [6.07, 6.45) is -10.8. The molecule has 1 aromatic carbocycles. The van der Waals surface area contributed by atoms with Gasteiger partial charge in [-0.3, -0.25) is 0 Å². The molecule has 1 N–H and O–H groups in total. The number of nitrogens with zero attached hydrogens (tertiary/aromatic N) is 1. The molecule has 0 aromatic heterocycles. The van der Waals surface area contributed by atoms with E-state index < -0.39 is 65.2 Å². The van der Waals surface area contributed by atoms with Gasteiger partial charge in [-0.25, -0.2) is 0 Å².